The zero-order chi connectivity index (χ0) is 12.3. The van der Waals surface area contributed by atoms with E-state index in [0.717, 1.165) is 17.7 Å². The van der Waals surface area contributed by atoms with Crippen molar-refractivity contribution in [3.05, 3.63) is 27.3 Å². The maximum absolute atomic E-state index is 12.0. The largest absolute Gasteiger partial charge is 0.325 e. The molecule has 0 atom stereocenters. The lowest BCUT2D eigenvalue weighted by Gasteiger charge is -2.22. The second kappa shape index (κ2) is 5.17. The molecule has 0 spiro atoms. The molecule has 88 valence electrons. The molecular formula is C13H18INO. The molecule has 1 aromatic rings. The molecule has 0 saturated heterocycles. The van der Waals surface area contributed by atoms with Crippen LogP contribution in [0.2, 0.25) is 0 Å². The highest BCUT2D eigenvalue weighted by molar-refractivity contribution is 14.1. The van der Waals surface area contributed by atoms with Crippen molar-refractivity contribution >= 4 is 34.2 Å². The Labute approximate surface area is 111 Å². The monoisotopic (exact) mass is 331 g/mol. The third-order valence-electron chi connectivity index (χ3n) is 2.94. The first kappa shape index (κ1) is 13.5. The molecule has 0 saturated carbocycles. The summed E-state index contributed by atoms with van der Waals surface area (Å²) in [6.45, 7) is 7.96. The van der Waals surface area contributed by atoms with Crippen LogP contribution >= 0.6 is 22.6 Å². The molecule has 16 heavy (non-hydrogen) atoms. The van der Waals surface area contributed by atoms with Gasteiger partial charge in [-0.05, 0) is 59.7 Å². The maximum atomic E-state index is 12.0. The minimum Gasteiger partial charge on any atom is -0.325 e. The molecule has 0 bridgehead atoms. The predicted octanol–water partition coefficient (Wildman–Crippen LogP) is 3.97. The van der Waals surface area contributed by atoms with Crippen LogP contribution in [0.3, 0.4) is 0 Å². The molecule has 0 aliphatic rings. The first-order valence-corrected chi connectivity index (χ1v) is 6.52. The summed E-state index contributed by atoms with van der Waals surface area (Å²) in [5.41, 5.74) is 1.70. The molecule has 1 amide bonds. The molecule has 0 aromatic heterocycles. The first-order chi connectivity index (χ1) is 7.36. The Balaban J connectivity index is 2.85. The third-order valence-corrected chi connectivity index (χ3v) is 3.61. The Morgan fingerprint density at radius 3 is 2.56 bits per heavy atom. The van der Waals surface area contributed by atoms with Crippen LogP contribution in [-0.4, -0.2) is 5.91 Å². The molecule has 0 fully saturated rings. The standard InChI is InChI=1S/C13H18INO/c1-5-13(3,4)12(16)15-11-7-6-10(14)8-9(11)2/h6-8H,5H2,1-4H3,(H,15,16). The Morgan fingerprint density at radius 2 is 2.06 bits per heavy atom. The van der Waals surface area contributed by atoms with E-state index in [9.17, 15) is 4.79 Å². The molecular weight excluding hydrogens is 313 g/mol. The second-order valence-electron chi connectivity index (χ2n) is 4.65. The summed E-state index contributed by atoms with van der Waals surface area (Å²) in [7, 11) is 0. The van der Waals surface area contributed by atoms with Gasteiger partial charge in [-0.1, -0.05) is 20.8 Å². The van der Waals surface area contributed by atoms with Crippen LogP contribution in [0.5, 0.6) is 0 Å². The fourth-order valence-corrected chi connectivity index (χ4v) is 1.87. The van der Waals surface area contributed by atoms with Crippen molar-refractivity contribution in [2.24, 2.45) is 5.41 Å². The molecule has 0 aliphatic heterocycles. The van der Waals surface area contributed by atoms with Gasteiger partial charge < -0.3 is 5.32 Å². The SMILES string of the molecule is CCC(C)(C)C(=O)Nc1ccc(I)cc1C. The lowest BCUT2D eigenvalue weighted by molar-refractivity contribution is -0.124. The molecule has 0 radical (unpaired) electrons. The molecule has 0 unspecified atom stereocenters. The summed E-state index contributed by atoms with van der Waals surface area (Å²) in [5.74, 6) is 0.0827. The van der Waals surface area contributed by atoms with Gasteiger partial charge in [0.05, 0.1) is 0 Å². The number of hydrogen-bond acceptors (Lipinski definition) is 1. The van der Waals surface area contributed by atoms with Gasteiger partial charge in [0.15, 0.2) is 0 Å². The molecule has 1 rings (SSSR count). The summed E-state index contributed by atoms with van der Waals surface area (Å²) in [4.78, 5) is 12.0. The van der Waals surface area contributed by atoms with E-state index in [1.54, 1.807) is 0 Å². The highest BCUT2D eigenvalue weighted by atomic mass is 127. The number of carbonyl (C=O) groups excluding carboxylic acids is 1. The summed E-state index contributed by atoms with van der Waals surface area (Å²) in [6, 6.07) is 6.03. The Bertz CT molecular complexity index is 399. The van der Waals surface area contributed by atoms with E-state index in [1.807, 2.05) is 39.8 Å². The van der Waals surface area contributed by atoms with E-state index in [1.165, 1.54) is 3.57 Å². The minimum absolute atomic E-state index is 0.0827. The summed E-state index contributed by atoms with van der Waals surface area (Å²) >= 11 is 2.27. The maximum Gasteiger partial charge on any atom is 0.230 e. The average molecular weight is 331 g/mol. The van der Waals surface area contributed by atoms with Gasteiger partial charge in [-0.15, -0.1) is 0 Å². The van der Waals surface area contributed by atoms with E-state index in [2.05, 4.69) is 34.0 Å². The normalized spacial score (nSPS) is 11.3. The summed E-state index contributed by atoms with van der Waals surface area (Å²) in [6.07, 6.45) is 0.836. The van der Waals surface area contributed by atoms with Gasteiger partial charge in [-0.3, -0.25) is 4.79 Å². The van der Waals surface area contributed by atoms with Crippen LogP contribution in [-0.2, 0) is 4.79 Å². The van der Waals surface area contributed by atoms with Crippen molar-refractivity contribution in [2.45, 2.75) is 34.1 Å². The highest BCUT2D eigenvalue weighted by Crippen LogP contribution is 2.24. The average Bonchev–Trinajstić information content (AvgIpc) is 2.22. The predicted molar refractivity (Wildman–Crippen MR) is 76.6 cm³/mol. The Hall–Kier alpha value is -0.580. The number of benzene rings is 1. The van der Waals surface area contributed by atoms with Crippen LogP contribution in [0.4, 0.5) is 5.69 Å². The topological polar surface area (TPSA) is 29.1 Å². The van der Waals surface area contributed by atoms with Crippen LogP contribution < -0.4 is 5.32 Å². The number of rotatable bonds is 3. The number of halogens is 1. The van der Waals surface area contributed by atoms with Gasteiger partial charge in [0.25, 0.3) is 0 Å². The lowest BCUT2D eigenvalue weighted by Crippen LogP contribution is -2.30. The zero-order valence-corrected chi connectivity index (χ0v) is 12.4. The van der Waals surface area contributed by atoms with Crippen molar-refractivity contribution in [1.29, 1.82) is 0 Å². The fourth-order valence-electron chi connectivity index (χ4n) is 1.22. The Kier molecular flexibility index (Phi) is 4.35. The van der Waals surface area contributed by atoms with Crippen molar-refractivity contribution in [1.82, 2.24) is 0 Å². The first-order valence-electron chi connectivity index (χ1n) is 5.44. The van der Waals surface area contributed by atoms with Crippen LogP contribution in [0.15, 0.2) is 18.2 Å². The van der Waals surface area contributed by atoms with E-state index < -0.39 is 0 Å². The number of carbonyl (C=O) groups is 1. The third kappa shape index (κ3) is 3.20. The van der Waals surface area contributed by atoms with E-state index in [4.69, 9.17) is 0 Å². The van der Waals surface area contributed by atoms with Crippen molar-refractivity contribution in [3.8, 4) is 0 Å². The smallest absolute Gasteiger partial charge is 0.230 e. The number of aryl methyl sites for hydroxylation is 1. The molecule has 3 heteroatoms. The Morgan fingerprint density at radius 1 is 1.44 bits per heavy atom. The second-order valence-corrected chi connectivity index (χ2v) is 5.90. The van der Waals surface area contributed by atoms with Gasteiger partial charge in [0, 0.05) is 14.7 Å². The van der Waals surface area contributed by atoms with Crippen LogP contribution in [0.1, 0.15) is 32.8 Å². The van der Waals surface area contributed by atoms with Gasteiger partial charge in [-0.2, -0.15) is 0 Å². The fraction of sp³-hybridized carbons (Fsp3) is 0.462. The molecule has 2 nitrogen and oxygen atoms in total. The molecule has 0 heterocycles. The van der Waals surface area contributed by atoms with Crippen molar-refractivity contribution in [2.75, 3.05) is 5.32 Å². The van der Waals surface area contributed by atoms with E-state index in [0.29, 0.717) is 0 Å². The lowest BCUT2D eigenvalue weighted by atomic mass is 9.89. The van der Waals surface area contributed by atoms with Crippen LogP contribution in [0.25, 0.3) is 0 Å². The van der Waals surface area contributed by atoms with Gasteiger partial charge >= 0.3 is 0 Å². The number of nitrogens with one attached hydrogen (secondary N) is 1. The van der Waals surface area contributed by atoms with Crippen LogP contribution in [0, 0.1) is 15.9 Å². The number of anilines is 1. The zero-order valence-electron chi connectivity index (χ0n) is 10.2. The molecule has 0 aliphatic carbocycles. The quantitative estimate of drug-likeness (QED) is 0.834. The number of hydrogen-bond donors (Lipinski definition) is 1. The van der Waals surface area contributed by atoms with Crippen molar-refractivity contribution in [3.63, 3.8) is 0 Å². The van der Waals surface area contributed by atoms with E-state index in [-0.39, 0.29) is 11.3 Å². The summed E-state index contributed by atoms with van der Waals surface area (Å²) < 4.78 is 1.18. The van der Waals surface area contributed by atoms with Gasteiger partial charge in [0.1, 0.15) is 0 Å². The highest BCUT2D eigenvalue weighted by Gasteiger charge is 2.25. The van der Waals surface area contributed by atoms with Gasteiger partial charge in [-0.25, -0.2) is 0 Å². The number of amides is 1. The van der Waals surface area contributed by atoms with E-state index >= 15 is 0 Å². The van der Waals surface area contributed by atoms with Crippen molar-refractivity contribution < 1.29 is 4.79 Å². The van der Waals surface area contributed by atoms with Gasteiger partial charge in [0.2, 0.25) is 5.91 Å². The minimum atomic E-state index is -0.310. The summed E-state index contributed by atoms with van der Waals surface area (Å²) in [5, 5.41) is 2.99. The molecule has 1 N–H and O–H groups in total. The molecule has 1 aromatic carbocycles.